The van der Waals surface area contributed by atoms with E-state index in [1.165, 1.54) is 26.4 Å². The van der Waals surface area contributed by atoms with Crippen molar-refractivity contribution in [1.82, 2.24) is 0 Å². The number of methoxy groups -OCH3 is 2. The molecule has 0 aromatic heterocycles. The SMILES string of the molecule is CCOC(=O)C(=O)c1cc(C=O)cc(OC)c1OC. The van der Waals surface area contributed by atoms with Gasteiger partial charge in [0, 0.05) is 5.56 Å². The fourth-order valence-electron chi connectivity index (χ4n) is 1.53. The molecule has 0 aliphatic rings. The quantitative estimate of drug-likeness (QED) is 0.334. The molecule has 1 aromatic rings. The molecule has 6 heteroatoms. The summed E-state index contributed by atoms with van der Waals surface area (Å²) in [5.41, 5.74) is 0.132. The van der Waals surface area contributed by atoms with Gasteiger partial charge >= 0.3 is 5.97 Å². The molecule has 0 spiro atoms. The van der Waals surface area contributed by atoms with Gasteiger partial charge in [0.1, 0.15) is 6.29 Å². The molecule has 1 rings (SSSR count). The van der Waals surface area contributed by atoms with Crippen LogP contribution in [0.3, 0.4) is 0 Å². The van der Waals surface area contributed by atoms with Crippen molar-refractivity contribution in [2.24, 2.45) is 0 Å². The number of aldehydes is 1. The van der Waals surface area contributed by atoms with Crippen LogP contribution >= 0.6 is 0 Å². The van der Waals surface area contributed by atoms with Crippen LogP contribution in [0.4, 0.5) is 0 Å². The van der Waals surface area contributed by atoms with E-state index >= 15 is 0 Å². The summed E-state index contributed by atoms with van der Waals surface area (Å²) in [4.78, 5) is 34.2. The largest absolute Gasteiger partial charge is 0.493 e. The van der Waals surface area contributed by atoms with E-state index in [1.807, 2.05) is 0 Å². The van der Waals surface area contributed by atoms with Crippen molar-refractivity contribution in [2.75, 3.05) is 20.8 Å². The lowest BCUT2D eigenvalue weighted by atomic mass is 10.1. The van der Waals surface area contributed by atoms with E-state index in [9.17, 15) is 14.4 Å². The number of ketones is 1. The number of hydrogen-bond donors (Lipinski definition) is 0. The highest BCUT2D eigenvalue weighted by atomic mass is 16.5. The second-order valence-electron chi connectivity index (χ2n) is 3.47. The van der Waals surface area contributed by atoms with Gasteiger partial charge in [0.05, 0.1) is 26.4 Å². The summed E-state index contributed by atoms with van der Waals surface area (Å²) < 4.78 is 14.7. The molecule has 0 atom stereocenters. The Kier molecular flexibility index (Phi) is 5.05. The van der Waals surface area contributed by atoms with Crippen LogP contribution in [-0.2, 0) is 9.53 Å². The molecule has 0 radical (unpaired) electrons. The molecule has 0 aliphatic heterocycles. The van der Waals surface area contributed by atoms with E-state index in [0.717, 1.165) is 0 Å². The minimum Gasteiger partial charge on any atom is -0.493 e. The number of esters is 1. The van der Waals surface area contributed by atoms with E-state index in [0.29, 0.717) is 6.29 Å². The summed E-state index contributed by atoms with van der Waals surface area (Å²) in [7, 11) is 2.70. The first kappa shape index (κ1) is 14.7. The van der Waals surface area contributed by atoms with Gasteiger partial charge in [-0.15, -0.1) is 0 Å². The zero-order valence-corrected chi connectivity index (χ0v) is 10.9. The molecule has 19 heavy (non-hydrogen) atoms. The molecule has 0 N–H and O–H groups in total. The Balaban J connectivity index is 3.35. The van der Waals surface area contributed by atoms with Gasteiger partial charge < -0.3 is 14.2 Å². The summed E-state index contributed by atoms with van der Waals surface area (Å²) in [5.74, 6) is -1.61. The van der Waals surface area contributed by atoms with Crippen molar-refractivity contribution >= 4 is 18.0 Å². The van der Waals surface area contributed by atoms with Gasteiger partial charge in [0.25, 0.3) is 5.78 Å². The fourth-order valence-corrected chi connectivity index (χ4v) is 1.53. The minimum absolute atomic E-state index is 0.0672. The van der Waals surface area contributed by atoms with Crippen molar-refractivity contribution in [2.45, 2.75) is 6.92 Å². The molecule has 0 heterocycles. The molecule has 0 bridgehead atoms. The molecule has 0 fully saturated rings. The van der Waals surface area contributed by atoms with Crippen LogP contribution in [0.2, 0.25) is 0 Å². The maximum atomic E-state index is 11.9. The molecule has 0 saturated carbocycles. The topological polar surface area (TPSA) is 78.9 Å². The molecular formula is C13H14O6. The smallest absolute Gasteiger partial charge is 0.379 e. The molecule has 0 saturated heterocycles. The van der Waals surface area contributed by atoms with Crippen LogP contribution in [0.5, 0.6) is 11.5 Å². The first-order chi connectivity index (χ1) is 9.08. The lowest BCUT2D eigenvalue weighted by Crippen LogP contribution is -2.18. The number of benzene rings is 1. The van der Waals surface area contributed by atoms with Gasteiger partial charge in [-0.05, 0) is 19.1 Å². The zero-order chi connectivity index (χ0) is 14.4. The Morgan fingerprint density at radius 1 is 1.21 bits per heavy atom. The number of carbonyl (C=O) groups is 3. The van der Waals surface area contributed by atoms with Gasteiger partial charge in [-0.2, -0.15) is 0 Å². The van der Waals surface area contributed by atoms with Gasteiger partial charge in [0.2, 0.25) is 0 Å². The first-order valence-corrected chi connectivity index (χ1v) is 5.51. The van der Waals surface area contributed by atoms with Gasteiger partial charge in [-0.1, -0.05) is 0 Å². The minimum atomic E-state index is -1.01. The Morgan fingerprint density at radius 3 is 2.37 bits per heavy atom. The molecule has 0 unspecified atom stereocenters. The van der Waals surface area contributed by atoms with Crippen molar-refractivity contribution in [3.8, 4) is 11.5 Å². The van der Waals surface area contributed by atoms with Crippen molar-refractivity contribution in [3.05, 3.63) is 23.3 Å². The van der Waals surface area contributed by atoms with Crippen molar-refractivity contribution < 1.29 is 28.6 Å². The molecule has 102 valence electrons. The van der Waals surface area contributed by atoms with Crippen molar-refractivity contribution in [1.29, 1.82) is 0 Å². The van der Waals surface area contributed by atoms with Gasteiger partial charge in [-0.25, -0.2) is 4.79 Å². The molecule has 0 amide bonds. The normalized spacial score (nSPS) is 9.63. The van der Waals surface area contributed by atoms with E-state index in [4.69, 9.17) is 9.47 Å². The van der Waals surface area contributed by atoms with E-state index in [2.05, 4.69) is 4.74 Å². The van der Waals surface area contributed by atoms with Crippen LogP contribution in [-0.4, -0.2) is 38.9 Å². The highest BCUT2D eigenvalue weighted by Gasteiger charge is 2.25. The maximum Gasteiger partial charge on any atom is 0.379 e. The fraction of sp³-hybridized carbons (Fsp3) is 0.308. The first-order valence-electron chi connectivity index (χ1n) is 5.51. The average Bonchev–Trinajstić information content (AvgIpc) is 2.44. The number of ether oxygens (including phenoxy) is 3. The number of carbonyl (C=O) groups excluding carboxylic acids is 3. The second kappa shape index (κ2) is 6.53. The predicted molar refractivity (Wildman–Crippen MR) is 65.9 cm³/mol. The lowest BCUT2D eigenvalue weighted by molar-refractivity contribution is -0.137. The van der Waals surface area contributed by atoms with Crippen LogP contribution < -0.4 is 9.47 Å². The van der Waals surface area contributed by atoms with Gasteiger partial charge in [0.15, 0.2) is 11.5 Å². The third-order valence-electron chi connectivity index (χ3n) is 2.34. The number of hydrogen-bond acceptors (Lipinski definition) is 6. The summed E-state index contributed by atoms with van der Waals surface area (Å²) in [6.07, 6.45) is 0.546. The summed E-state index contributed by atoms with van der Waals surface area (Å²) in [6, 6.07) is 2.67. The number of Topliss-reactive ketones (excluding diaryl/α,β-unsaturated/α-hetero) is 1. The Labute approximate surface area is 110 Å². The third kappa shape index (κ3) is 3.09. The summed E-state index contributed by atoms with van der Waals surface area (Å²) in [6.45, 7) is 1.67. The number of rotatable bonds is 6. The van der Waals surface area contributed by atoms with Crippen LogP contribution in [0.25, 0.3) is 0 Å². The monoisotopic (exact) mass is 266 g/mol. The van der Waals surface area contributed by atoms with Crippen LogP contribution in [0.15, 0.2) is 12.1 Å². The van der Waals surface area contributed by atoms with Crippen LogP contribution in [0.1, 0.15) is 27.6 Å². The lowest BCUT2D eigenvalue weighted by Gasteiger charge is -2.12. The maximum absolute atomic E-state index is 11.9. The summed E-state index contributed by atoms with van der Waals surface area (Å²) in [5, 5.41) is 0. The Bertz CT molecular complexity index is 506. The Morgan fingerprint density at radius 2 is 1.89 bits per heavy atom. The molecule has 6 nitrogen and oxygen atoms in total. The summed E-state index contributed by atoms with van der Waals surface area (Å²) >= 11 is 0. The molecule has 0 aliphatic carbocycles. The van der Waals surface area contributed by atoms with E-state index in [1.54, 1.807) is 6.92 Å². The third-order valence-corrected chi connectivity index (χ3v) is 2.34. The van der Waals surface area contributed by atoms with E-state index in [-0.39, 0.29) is 29.2 Å². The molecule has 1 aromatic carbocycles. The molecular weight excluding hydrogens is 252 g/mol. The standard InChI is InChI=1S/C13H14O6/c1-4-19-13(16)11(15)9-5-8(7-14)6-10(17-2)12(9)18-3/h5-7H,4H2,1-3H3. The zero-order valence-electron chi connectivity index (χ0n) is 10.9. The highest BCUT2D eigenvalue weighted by molar-refractivity contribution is 6.41. The van der Waals surface area contributed by atoms with Gasteiger partial charge in [-0.3, -0.25) is 9.59 Å². The van der Waals surface area contributed by atoms with E-state index < -0.39 is 11.8 Å². The predicted octanol–water partition coefficient (Wildman–Crippen LogP) is 1.26. The highest BCUT2D eigenvalue weighted by Crippen LogP contribution is 2.32. The Hall–Kier alpha value is -2.37. The second-order valence-corrected chi connectivity index (χ2v) is 3.47. The van der Waals surface area contributed by atoms with Crippen molar-refractivity contribution in [3.63, 3.8) is 0 Å². The average molecular weight is 266 g/mol. The van der Waals surface area contributed by atoms with Crippen LogP contribution in [0, 0.1) is 0 Å².